The third-order valence-corrected chi connectivity index (χ3v) is 4.63. The van der Waals surface area contributed by atoms with Crippen molar-refractivity contribution in [2.24, 2.45) is 0 Å². The van der Waals surface area contributed by atoms with E-state index in [-0.39, 0.29) is 29.6 Å². The lowest BCUT2D eigenvalue weighted by atomic mass is 10.1. The highest BCUT2D eigenvalue weighted by atomic mass is 35.5. The molecular weight excluding hydrogens is 409 g/mol. The summed E-state index contributed by atoms with van der Waals surface area (Å²) in [4.78, 5) is 48.9. The predicted molar refractivity (Wildman–Crippen MR) is 103 cm³/mol. The number of rotatable bonds is 7. The van der Waals surface area contributed by atoms with Crippen LogP contribution >= 0.6 is 23.2 Å². The van der Waals surface area contributed by atoms with Gasteiger partial charge in [-0.25, -0.2) is 0 Å². The molecule has 1 aromatic rings. The number of halogens is 2. The average molecular weight is 430 g/mol. The van der Waals surface area contributed by atoms with Gasteiger partial charge in [-0.2, -0.15) is 0 Å². The van der Waals surface area contributed by atoms with Crippen molar-refractivity contribution in [1.29, 1.82) is 0 Å². The van der Waals surface area contributed by atoms with Gasteiger partial charge in [-0.05, 0) is 37.5 Å². The van der Waals surface area contributed by atoms with Crippen molar-refractivity contribution in [3.63, 3.8) is 0 Å². The van der Waals surface area contributed by atoms with E-state index in [1.807, 2.05) is 0 Å². The van der Waals surface area contributed by atoms with E-state index >= 15 is 0 Å². The molecule has 0 unspecified atom stereocenters. The van der Waals surface area contributed by atoms with Crippen LogP contribution in [-0.4, -0.2) is 61.4 Å². The van der Waals surface area contributed by atoms with E-state index in [2.05, 4.69) is 10.6 Å². The highest BCUT2D eigenvalue weighted by Crippen LogP contribution is 2.20. The molecule has 0 aromatic heterocycles. The summed E-state index contributed by atoms with van der Waals surface area (Å²) in [7, 11) is 0. The summed E-state index contributed by atoms with van der Waals surface area (Å²) >= 11 is 11.7. The van der Waals surface area contributed by atoms with Gasteiger partial charge in [-0.3, -0.25) is 19.2 Å². The molecule has 0 atom stereocenters. The zero-order valence-electron chi connectivity index (χ0n) is 15.1. The summed E-state index contributed by atoms with van der Waals surface area (Å²) in [5.41, 5.74) is 0.175. The Morgan fingerprint density at radius 3 is 2.39 bits per heavy atom. The normalized spacial score (nSPS) is 13.6. The van der Waals surface area contributed by atoms with Crippen LogP contribution in [0.2, 0.25) is 10.0 Å². The molecular formula is C18H21Cl2N3O5. The number of hydrogen-bond donors (Lipinski definition) is 2. The summed E-state index contributed by atoms with van der Waals surface area (Å²) < 4.78 is 4.87. The Kier molecular flexibility index (Phi) is 8.53. The predicted octanol–water partition coefficient (Wildman–Crippen LogP) is 1.40. The summed E-state index contributed by atoms with van der Waals surface area (Å²) in [6.07, 6.45) is 2.99. The van der Waals surface area contributed by atoms with E-state index in [9.17, 15) is 19.2 Å². The number of nitrogens with zero attached hydrogens (tertiary/aromatic N) is 1. The first-order valence-electron chi connectivity index (χ1n) is 8.80. The maximum atomic E-state index is 12.0. The Morgan fingerprint density at radius 1 is 1.00 bits per heavy atom. The molecule has 2 rings (SSSR count). The molecule has 3 amide bonds. The van der Waals surface area contributed by atoms with Gasteiger partial charge >= 0.3 is 5.97 Å². The van der Waals surface area contributed by atoms with Gasteiger partial charge in [0.05, 0.1) is 17.1 Å². The van der Waals surface area contributed by atoms with Crippen molar-refractivity contribution in [3.8, 4) is 0 Å². The number of piperidine rings is 1. The van der Waals surface area contributed by atoms with E-state index in [1.54, 1.807) is 4.90 Å². The number of ether oxygens (including phenoxy) is 1. The molecule has 152 valence electrons. The second-order valence-corrected chi connectivity index (χ2v) is 7.03. The van der Waals surface area contributed by atoms with E-state index in [0.29, 0.717) is 18.1 Å². The largest absolute Gasteiger partial charge is 0.454 e. The Balaban J connectivity index is 1.65. The van der Waals surface area contributed by atoms with Crippen LogP contribution < -0.4 is 10.6 Å². The van der Waals surface area contributed by atoms with Gasteiger partial charge in [0.15, 0.2) is 6.61 Å². The van der Waals surface area contributed by atoms with E-state index in [0.717, 1.165) is 19.3 Å². The van der Waals surface area contributed by atoms with Crippen LogP contribution in [0.4, 0.5) is 0 Å². The highest BCUT2D eigenvalue weighted by Gasteiger charge is 2.18. The molecule has 10 heteroatoms. The topological polar surface area (TPSA) is 105 Å². The molecule has 1 aliphatic heterocycles. The Hall–Kier alpha value is -2.32. The lowest BCUT2D eigenvalue weighted by molar-refractivity contribution is -0.152. The monoisotopic (exact) mass is 429 g/mol. The lowest BCUT2D eigenvalue weighted by Gasteiger charge is -2.26. The first-order valence-corrected chi connectivity index (χ1v) is 9.56. The number of likely N-dealkylation sites (tertiary alicyclic amines) is 1. The summed E-state index contributed by atoms with van der Waals surface area (Å²) in [5.74, 6) is -2.11. The summed E-state index contributed by atoms with van der Waals surface area (Å²) in [6, 6.07) is 4.36. The fourth-order valence-electron chi connectivity index (χ4n) is 2.59. The van der Waals surface area contributed by atoms with E-state index in [4.69, 9.17) is 27.9 Å². The van der Waals surface area contributed by atoms with Gasteiger partial charge in [0, 0.05) is 18.1 Å². The Labute approximate surface area is 172 Å². The van der Waals surface area contributed by atoms with Crippen LogP contribution in [-0.2, 0) is 19.1 Å². The van der Waals surface area contributed by atoms with Crippen LogP contribution in [0.25, 0.3) is 0 Å². The molecule has 2 N–H and O–H groups in total. The molecule has 1 aliphatic rings. The van der Waals surface area contributed by atoms with Crippen molar-refractivity contribution in [3.05, 3.63) is 33.8 Å². The Morgan fingerprint density at radius 2 is 1.71 bits per heavy atom. The molecule has 1 heterocycles. The van der Waals surface area contributed by atoms with Gasteiger partial charge in [0.25, 0.3) is 11.8 Å². The van der Waals surface area contributed by atoms with Crippen LogP contribution in [0.5, 0.6) is 0 Å². The number of esters is 1. The molecule has 28 heavy (non-hydrogen) atoms. The van der Waals surface area contributed by atoms with Crippen molar-refractivity contribution < 1.29 is 23.9 Å². The standard InChI is InChI=1S/C18H21Cl2N3O5/c19-12-4-5-13(14(20)8-12)18(27)22-9-15(24)21-10-17(26)28-11-16(25)23-6-2-1-3-7-23/h4-5,8H,1-3,6-7,9-11H2,(H,21,24)(H,22,27). The minimum Gasteiger partial charge on any atom is -0.454 e. The third-order valence-electron chi connectivity index (χ3n) is 4.08. The SMILES string of the molecule is O=C(CNC(=O)c1ccc(Cl)cc1Cl)NCC(=O)OCC(=O)N1CCCCC1. The minimum atomic E-state index is -0.731. The molecule has 1 aromatic carbocycles. The van der Waals surface area contributed by atoms with Crippen molar-refractivity contribution in [2.45, 2.75) is 19.3 Å². The average Bonchev–Trinajstić information content (AvgIpc) is 2.69. The maximum Gasteiger partial charge on any atom is 0.325 e. The molecule has 0 bridgehead atoms. The number of benzene rings is 1. The number of carbonyl (C=O) groups excluding carboxylic acids is 4. The fraction of sp³-hybridized carbons (Fsp3) is 0.444. The van der Waals surface area contributed by atoms with Crippen LogP contribution in [0.15, 0.2) is 18.2 Å². The second kappa shape index (κ2) is 10.9. The maximum absolute atomic E-state index is 12.0. The number of nitrogens with one attached hydrogen (secondary N) is 2. The van der Waals surface area contributed by atoms with Crippen LogP contribution in [0.3, 0.4) is 0 Å². The molecule has 8 nitrogen and oxygen atoms in total. The lowest BCUT2D eigenvalue weighted by Crippen LogP contribution is -2.41. The molecule has 0 saturated carbocycles. The smallest absolute Gasteiger partial charge is 0.325 e. The number of hydrogen-bond acceptors (Lipinski definition) is 5. The van der Waals surface area contributed by atoms with Crippen molar-refractivity contribution >= 4 is 46.9 Å². The zero-order chi connectivity index (χ0) is 20.5. The first-order chi connectivity index (χ1) is 13.4. The Bertz CT molecular complexity index is 751. The second-order valence-electron chi connectivity index (χ2n) is 6.19. The molecule has 1 fully saturated rings. The van der Waals surface area contributed by atoms with Gasteiger partial charge < -0.3 is 20.3 Å². The van der Waals surface area contributed by atoms with Gasteiger partial charge in [-0.15, -0.1) is 0 Å². The van der Waals surface area contributed by atoms with Gasteiger partial charge in [-0.1, -0.05) is 23.2 Å². The minimum absolute atomic E-state index is 0.160. The number of amides is 3. The van der Waals surface area contributed by atoms with Crippen molar-refractivity contribution in [2.75, 3.05) is 32.8 Å². The molecule has 1 saturated heterocycles. The van der Waals surface area contributed by atoms with Crippen LogP contribution in [0.1, 0.15) is 29.6 Å². The third kappa shape index (κ3) is 7.01. The molecule has 0 radical (unpaired) electrons. The van der Waals surface area contributed by atoms with E-state index in [1.165, 1.54) is 18.2 Å². The van der Waals surface area contributed by atoms with Crippen LogP contribution in [0, 0.1) is 0 Å². The molecule has 0 spiro atoms. The first kappa shape index (κ1) is 22.0. The summed E-state index contributed by atoms with van der Waals surface area (Å²) in [6.45, 7) is 0.247. The van der Waals surface area contributed by atoms with Crippen molar-refractivity contribution in [1.82, 2.24) is 15.5 Å². The quantitative estimate of drug-likeness (QED) is 0.637. The highest BCUT2D eigenvalue weighted by molar-refractivity contribution is 6.36. The molecule has 0 aliphatic carbocycles. The van der Waals surface area contributed by atoms with Gasteiger partial charge in [0.1, 0.15) is 6.54 Å². The van der Waals surface area contributed by atoms with E-state index < -0.39 is 24.3 Å². The zero-order valence-corrected chi connectivity index (χ0v) is 16.6. The number of carbonyl (C=O) groups is 4. The summed E-state index contributed by atoms with van der Waals surface area (Å²) in [5, 5.41) is 5.24. The fourth-order valence-corrected chi connectivity index (χ4v) is 3.08. The van der Waals surface area contributed by atoms with Gasteiger partial charge in [0.2, 0.25) is 5.91 Å².